The Morgan fingerprint density at radius 1 is 1.42 bits per heavy atom. The molecule has 1 aromatic rings. The molecule has 1 saturated heterocycles. The van der Waals surface area contributed by atoms with Crippen LogP contribution in [0.3, 0.4) is 0 Å². The number of aliphatic hydroxyl groups is 1. The van der Waals surface area contributed by atoms with Gasteiger partial charge in [-0.25, -0.2) is 0 Å². The standard InChI is InChI=1S/C14H21N3O2/c1-11-5-8-16(2)13(10-18)14(19)17(11)9-12-3-6-15-7-4-12/h3-4,6-7,11,13,18H,5,8-10H2,1-2H3. The maximum absolute atomic E-state index is 12.5. The van der Waals surface area contributed by atoms with Gasteiger partial charge < -0.3 is 10.0 Å². The Morgan fingerprint density at radius 2 is 2.11 bits per heavy atom. The molecule has 1 fully saturated rings. The van der Waals surface area contributed by atoms with E-state index in [9.17, 15) is 9.90 Å². The summed E-state index contributed by atoms with van der Waals surface area (Å²) in [5.74, 6) is 0.00631. The van der Waals surface area contributed by atoms with Gasteiger partial charge >= 0.3 is 0 Å². The molecule has 1 N–H and O–H groups in total. The maximum atomic E-state index is 12.5. The van der Waals surface area contributed by atoms with Crippen LogP contribution >= 0.6 is 0 Å². The van der Waals surface area contributed by atoms with Gasteiger partial charge in [0.25, 0.3) is 0 Å². The monoisotopic (exact) mass is 263 g/mol. The van der Waals surface area contributed by atoms with Crippen LogP contribution in [-0.2, 0) is 11.3 Å². The van der Waals surface area contributed by atoms with Crippen molar-refractivity contribution in [2.45, 2.75) is 32.0 Å². The maximum Gasteiger partial charge on any atom is 0.242 e. The van der Waals surface area contributed by atoms with E-state index < -0.39 is 6.04 Å². The summed E-state index contributed by atoms with van der Waals surface area (Å²) in [6, 6.07) is 3.59. The van der Waals surface area contributed by atoms with Crippen molar-refractivity contribution >= 4 is 5.91 Å². The number of carbonyl (C=O) groups excluding carboxylic acids is 1. The number of hydrogen-bond acceptors (Lipinski definition) is 4. The summed E-state index contributed by atoms with van der Waals surface area (Å²) in [5.41, 5.74) is 1.07. The summed E-state index contributed by atoms with van der Waals surface area (Å²) >= 11 is 0. The molecule has 1 amide bonds. The minimum absolute atomic E-state index is 0.00631. The Labute approximate surface area is 113 Å². The lowest BCUT2D eigenvalue weighted by Gasteiger charge is -2.30. The zero-order valence-corrected chi connectivity index (χ0v) is 11.5. The second-order valence-electron chi connectivity index (χ2n) is 5.14. The normalized spacial score (nSPS) is 25.4. The predicted octanol–water partition coefficient (Wildman–Crippen LogP) is 0.495. The molecule has 0 aliphatic carbocycles. The van der Waals surface area contributed by atoms with Crippen molar-refractivity contribution in [3.63, 3.8) is 0 Å². The van der Waals surface area contributed by atoms with E-state index in [2.05, 4.69) is 11.9 Å². The number of aliphatic hydroxyl groups excluding tert-OH is 1. The minimum Gasteiger partial charge on any atom is -0.394 e. The topological polar surface area (TPSA) is 56.7 Å². The average Bonchev–Trinajstić information content (AvgIpc) is 2.52. The number of amides is 1. The first-order valence-corrected chi connectivity index (χ1v) is 6.64. The second-order valence-corrected chi connectivity index (χ2v) is 5.14. The average molecular weight is 263 g/mol. The molecule has 2 heterocycles. The predicted molar refractivity (Wildman–Crippen MR) is 72.4 cm³/mol. The van der Waals surface area contributed by atoms with Gasteiger partial charge in [0.1, 0.15) is 6.04 Å². The zero-order valence-electron chi connectivity index (χ0n) is 11.5. The third-order valence-electron chi connectivity index (χ3n) is 3.81. The molecule has 0 aromatic carbocycles. The Kier molecular flexibility index (Phi) is 4.50. The van der Waals surface area contributed by atoms with Gasteiger partial charge in [0.2, 0.25) is 5.91 Å². The van der Waals surface area contributed by atoms with E-state index in [0.717, 1.165) is 18.5 Å². The van der Waals surface area contributed by atoms with Crippen LogP contribution in [0.2, 0.25) is 0 Å². The van der Waals surface area contributed by atoms with Crippen LogP contribution in [0, 0.1) is 0 Å². The van der Waals surface area contributed by atoms with E-state index in [-0.39, 0.29) is 18.6 Å². The van der Waals surface area contributed by atoms with Gasteiger partial charge in [-0.2, -0.15) is 0 Å². The highest BCUT2D eigenvalue weighted by atomic mass is 16.3. The van der Waals surface area contributed by atoms with Crippen LogP contribution in [-0.4, -0.2) is 58.1 Å². The summed E-state index contributed by atoms with van der Waals surface area (Å²) in [6.07, 6.45) is 4.39. The van der Waals surface area contributed by atoms with Crippen molar-refractivity contribution in [2.75, 3.05) is 20.2 Å². The van der Waals surface area contributed by atoms with E-state index in [1.165, 1.54) is 0 Å². The fourth-order valence-corrected chi connectivity index (χ4v) is 2.44. The molecule has 0 saturated carbocycles. The van der Waals surface area contributed by atoms with Crippen molar-refractivity contribution in [3.8, 4) is 0 Å². The van der Waals surface area contributed by atoms with Crippen LogP contribution in [0.5, 0.6) is 0 Å². The first-order valence-electron chi connectivity index (χ1n) is 6.64. The van der Waals surface area contributed by atoms with Gasteiger partial charge in [-0.3, -0.25) is 14.7 Å². The van der Waals surface area contributed by atoms with Crippen LogP contribution in [0.1, 0.15) is 18.9 Å². The van der Waals surface area contributed by atoms with E-state index in [1.807, 2.05) is 29.0 Å². The summed E-state index contributed by atoms with van der Waals surface area (Å²) in [5, 5.41) is 9.43. The van der Waals surface area contributed by atoms with E-state index >= 15 is 0 Å². The molecule has 0 bridgehead atoms. The molecule has 19 heavy (non-hydrogen) atoms. The van der Waals surface area contributed by atoms with E-state index in [0.29, 0.717) is 6.54 Å². The molecular weight excluding hydrogens is 242 g/mol. The first kappa shape index (κ1) is 14.0. The molecule has 0 spiro atoms. The van der Waals surface area contributed by atoms with Gasteiger partial charge in [0.15, 0.2) is 0 Å². The summed E-state index contributed by atoms with van der Waals surface area (Å²) in [4.78, 5) is 20.3. The molecule has 5 heteroatoms. The van der Waals surface area contributed by atoms with Crippen molar-refractivity contribution in [1.82, 2.24) is 14.8 Å². The lowest BCUT2D eigenvalue weighted by Crippen LogP contribution is -2.47. The Morgan fingerprint density at radius 3 is 2.74 bits per heavy atom. The van der Waals surface area contributed by atoms with Crippen molar-refractivity contribution < 1.29 is 9.90 Å². The summed E-state index contributed by atoms with van der Waals surface area (Å²) < 4.78 is 0. The van der Waals surface area contributed by atoms with Crippen molar-refractivity contribution in [3.05, 3.63) is 30.1 Å². The highest BCUT2D eigenvalue weighted by Crippen LogP contribution is 2.18. The van der Waals surface area contributed by atoms with Gasteiger partial charge in [-0.1, -0.05) is 0 Å². The van der Waals surface area contributed by atoms with Crippen LogP contribution < -0.4 is 0 Å². The Balaban J connectivity index is 2.18. The van der Waals surface area contributed by atoms with E-state index in [4.69, 9.17) is 0 Å². The second kappa shape index (κ2) is 6.12. The largest absolute Gasteiger partial charge is 0.394 e. The fourth-order valence-electron chi connectivity index (χ4n) is 2.44. The zero-order chi connectivity index (χ0) is 13.8. The Bertz CT molecular complexity index is 424. The molecule has 2 unspecified atom stereocenters. The lowest BCUT2D eigenvalue weighted by molar-refractivity contribution is -0.138. The molecule has 1 aliphatic rings. The molecule has 1 aliphatic heterocycles. The SMILES string of the molecule is CC1CCN(C)C(CO)C(=O)N1Cc1ccncc1. The van der Waals surface area contributed by atoms with Crippen molar-refractivity contribution in [1.29, 1.82) is 0 Å². The summed E-state index contributed by atoms with van der Waals surface area (Å²) in [6.45, 7) is 3.33. The molecule has 2 atom stereocenters. The number of hydrogen-bond donors (Lipinski definition) is 1. The molecule has 0 radical (unpaired) electrons. The minimum atomic E-state index is -0.424. The van der Waals surface area contributed by atoms with Gasteiger partial charge in [-0.15, -0.1) is 0 Å². The third-order valence-corrected chi connectivity index (χ3v) is 3.81. The lowest BCUT2D eigenvalue weighted by atomic mass is 10.1. The number of carbonyl (C=O) groups is 1. The number of pyridine rings is 1. The van der Waals surface area contributed by atoms with Gasteiger partial charge in [-0.05, 0) is 38.1 Å². The number of nitrogens with zero attached hydrogens (tertiary/aromatic N) is 3. The number of rotatable bonds is 3. The Hall–Kier alpha value is -1.46. The fraction of sp³-hybridized carbons (Fsp3) is 0.571. The molecule has 1 aromatic heterocycles. The van der Waals surface area contributed by atoms with Crippen LogP contribution in [0.4, 0.5) is 0 Å². The molecule has 2 rings (SSSR count). The van der Waals surface area contributed by atoms with Crippen LogP contribution in [0.15, 0.2) is 24.5 Å². The highest BCUT2D eigenvalue weighted by molar-refractivity contribution is 5.82. The van der Waals surface area contributed by atoms with E-state index in [1.54, 1.807) is 12.4 Å². The van der Waals surface area contributed by atoms with Crippen molar-refractivity contribution in [2.24, 2.45) is 0 Å². The first-order chi connectivity index (χ1) is 9.13. The highest BCUT2D eigenvalue weighted by Gasteiger charge is 2.33. The van der Waals surface area contributed by atoms with Gasteiger partial charge in [0.05, 0.1) is 6.61 Å². The number of likely N-dealkylation sites (N-methyl/N-ethyl adjacent to an activating group) is 1. The quantitative estimate of drug-likeness (QED) is 0.862. The molecular formula is C14H21N3O2. The van der Waals surface area contributed by atoms with Crippen LogP contribution in [0.25, 0.3) is 0 Å². The third kappa shape index (κ3) is 3.11. The molecule has 5 nitrogen and oxygen atoms in total. The number of aromatic nitrogens is 1. The summed E-state index contributed by atoms with van der Waals surface area (Å²) in [7, 11) is 1.89. The smallest absolute Gasteiger partial charge is 0.242 e. The molecule has 104 valence electrons. The van der Waals surface area contributed by atoms with Gasteiger partial charge in [0, 0.05) is 31.5 Å².